The van der Waals surface area contributed by atoms with Crippen molar-refractivity contribution in [2.24, 2.45) is 16.3 Å². The molecule has 1 saturated carbocycles. The molecule has 1 saturated heterocycles. The van der Waals surface area contributed by atoms with Crippen LogP contribution in [0.2, 0.25) is 10.2 Å². The standard InChI is InChI=1S/C22H24Cl2N6S/c1-25-13-15-3-2-5-22(15)6-10-29(11-7-22)21-28-14-17(20-27-9-12-30(20)21)31-16-4-8-26-19(24)18(16)23/h4,8-9,12,14-15H,1-3,5-7,10-11,13H2. The first-order valence-electron chi connectivity index (χ1n) is 10.6. The molecule has 9 heteroatoms. The minimum atomic E-state index is 0.301. The van der Waals surface area contributed by atoms with Gasteiger partial charge in [0.2, 0.25) is 5.95 Å². The van der Waals surface area contributed by atoms with Gasteiger partial charge in [0.05, 0.1) is 9.92 Å². The summed E-state index contributed by atoms with van der Waals surface area (Å²) in [5, 5.41) is 0.749. The van der Waals surface area contributed by atoms with Gasteiger partial charge in [0.1, 0.15) is 5.15 Å². The zero-order valence-corrected chi connectivity index (χ0v) is 19.5. The van der Waals surface area contributed by atoms with Crippen molar-refractivity contribution in [2.75, 3.05) is 24.5 Å². The van der Waals surface area contributed by atoms with E-state index >= 15 is 0 Å². The van der Waals surface area contributed by atoms with E-state index in [-0.39, 0.29) is 0 Å². The van der Waals surface area contributed by atoms with Crippen LogP contribution < -0.4 is 4.90 Å². The van der Waals surface area contributed by atoms with Crippen molar-refractivity contribution >= 4 is 53.3 Å². The van der Waals surface area contributed by atoms with Crippen LogP contribution in [0.3, 0.4) is 0 Å². The summed E-state index contributed by atoms with van der Waals surface area (Å²) in [7, 11) is 0. The highest BCUT2D eigenvalue weighted by atomic mass is 35.5. The van der Waals surface area contributed by atoms with E-state index in [1.807, 2.05) is 24.7 Å². The summed E-state index contributed by atoms with van der Waals surface area (Å²) >= 11 is 13.9. The average molecular weight is 475 g/mol. The molecule has 1 unspecified atom stereocenters. The van der Waals surface area contributed by atoms with E-state index in [1.54, 1.807) is 6.20 Å². The first-order valence-corrected chi connectivity index (χ1v) is 12.2. The van der Waals surface area contributed by atoms with Gasteiger partial charge in [-0.15, -0.1) is 0 Å². The fraction of sp³-hybridized carbons (Fsp3) is 0.455. The van der Waals surface area contributed by atoms with E-state index in [4.69, 9.17) is 28.2 Å². The number of pyridine rings is 1. The molecule has 1 aliphatic heterocycles. The molecular formula is C22H24Cl2N6S. The summed E-state index contributed by atoms with van der Waals surface area (Å²) in [6, 6.07) is 1.85. The third kappa shape index (κ3) is 3.81. The van der Waals surface area contributed by atoms with Crippen LogP contribution in [-0.2, 0) is 0 Å². The monoisotopic (exact) mass is 474 g/mol. The molecule has 2 fully saturated rings. The van der Waals surface area contributed by atoms with Crippen LogP contribution in [0.15, 0.2) is 45.6 Å². The lowest BCUT2D eigenvalue weighted by Gasteiger charge is -2.43. The van der Waals surface area contributed by atoms with Gasteiger partial charge in [0, 0.05) is 49.3 Å². The zero-order chi connectivity index (χ0) is 21.4. The lowest BCUT2D eigenvalue weighted by atomic mass is 9.70. The molecule has 0 N–H and O–H groups in total. The maximum atomic E-state index is 6.33. The molecule has 3 aromatic rings. The summed E-state index contributed by atoms with van der Waals surface area (Å²) in [5.41, 5.74) is 1.30. The van der Waals surface area contributed by atoms with Gasteiger partial charge in [-0.2, -0.15) is 0 Å². The third-order valence-electron chi connectivity index (χ3n) is 6.89. The maximum Gasteiger partial charge on any atom is 0.211 e. The summed E-state index contributed by atoms with van der Waals surface area (Å²) < 4.78 is 2.08. The van der Waals surface area contributed by atoms with Crippen molar-refractivity contribution in [2.45, 2.75) is 41.9 Å². The zero-order valence-electron chi connectivity index (χ0n) is 17.2. The van der Waals surface area contributed by atoms with Gasteiger partial charge in [-0.05, 0) is 49.8 Å². The number of halogens is 2. The van der Waals surface area contributed by atoms with E-state index < -0.39 is 0 Å². The molecule has 0 radical (unpaired) electrons. The Morgan fingerprint density at radius 3 is 2.77 bits per heavy atom. The summed E-state index contributed by atoms with van der Waals surface area (Å²) in [4.78, 5) is 21.8. The van der Waals surface area contributed by atoms with Crippen LogP contribution in [0, 0.1) is 11.3 Å². The van der Waals surface area contributed by atoms with E-state index in [2.05, 4.69) is 31.0 Å². The highest BCUT2D eigenvalue weighted by Gasteiger charge is 2.44. The van der Waals surface area contributed by atoms with Gasteiger partial charge in [-0.25, -0.2) is 15.0 Å². The van der Waals surface area contributed by atoms with Crippen LogP contribution in [-0.4, -0.2) is 45.7 Å². The van der Waals surface area contributed by atoms with Gasteiger partial charge >= 0.3 is 0 Å². The predicted octanol–water partition coefficient (Wildman–Crippen LogP) is 5.67. The minimum absolute atomic E-state index is 0.301. The Labute approximate surface area is 196 Å². The summed E-state index contributed by atoms with van der Waals surface area (Å²) in [5.74, 6) is 1.63. The highest BCUT2D eigenvalue weighted by Crippen LogP contribution is 2.51. The highest BCUT2D eigenvalue weighted by molar-refractivity contribution is 7.99. The predicted molar refractivity (Wildman–Crippen MR) is 127 cm³/mol. The number of rotatable bonds is 5. The molecule has 0 amide bonds. The lowest BCUT2D eigenvalue weighted by Crippen LogP contribution is -2.43. The van der Waals surface area contributed by atoms with Gasteiger partial charge in [0.15, 0.2) is 5.65 Å². The van der Waals surface area contributed by atoms with Crippen LogP contribution in [0.4, 0.5) is 5.95 Å². The van der Waals surface area contributed by atoms with Crippen molar-refractivity contribution in [1.29, 1.82) is 0 Å². The van der Waals surface area contributed by atoms with Crippen LogP contribution >= 0.6 is 35.0 Å². The number of imidazole rings is 1. The van der Waals surface area contributed by atoms with Gasteiger partial charge < -0.3 is 9.89 Å². The molecule has 1 atom stereocenters. The van der Waals surface area contributed by atoms with Crippen LogP contribution in [0.25, 0.3) is 5.65 Å². The van der Waals surface area contributed by atoms with Crippen LogP contribution in [0.1, 0.15) is 32.1 Å². The number of hydrogen-bond acceptors (Lipinski definition) is 6. The number of aliphatic imine (C=N–C) groups is 1. The molecule has 3 aromatic heterocycles. The number of fused-ring (bicyclic) bond motifs is 1. The van der Waals surface area contributed by atoms with Crippen molar-refractivity contribution in [3.63, 3.8) is 0 Å². The quantitative estimate of drug-likeness (QED) is 0.352. The normalized spacial score (nSPS) is 20.6. The largest absolute Gasteiger partial charge is 0.342 e. The molecule has 162 valence electrons. The molecule has 1 aliphatic carbocycles. The molecule has 6 nitrogen and oxygen atoms in total. The Balaban J connectivity index is 1.39. The fourth-order valence-electron chi connectivity index (χ4n) is 5.25. The number of nitrogens with zero attached hydrogens (tertiary/aromatic N) is 6. The van der Waals surface area contributed by atoms with E-state index in [0.29, 0.717) is 21.5 Å². The Hall–Kier alpha value is -1.83. The number of anilines is 1. The summed E-state index contributed by atoms with van der Waals surface area (Å²) in [6.45, 7) is 6.65. The van der Waals surface area contributed by atoms with E-state index in [1.165, 1.54) is 43.9 Å². The SMILES string of the molecule is C=NCC1CCCC12CCN(c1ncc(Sc3ccnc(Cl)c3Cl)c3nccn13)CC2. The van der Waals surface area contributed by atoms with E-state index in [0.717, 1.165) is 41.0 Å². The number of aromatic nitrogens is 4. The molecule has 0 aromatic carbocycles. The molecule has 2 aliphatic rings. The molecule has 31 heavy (non-hydrogen) atoms. The van der Waals surface area contributed by atoms with Gasteiger partial charge in [-0.3, -0.25) is 4.40 Å². The average Bonchev–Trinajstić information content (AvgIpc) is 3.41. The third-order valence-corrected chi connectivity index (χ3v) is 8.84. The molecule has 4 heterocycles. The molecule has 0 bridgehead atoms. The molecule has 5 rings (SSSR count). The second kappa shape index (κ2) is 8.60. The maximum absolute atomic E-state index is 6.33. The smallest absolute Gasteiger partial charge is 0.211 e. The summed E-state index contributed by atoms with van der Waals surface area (Å²) in [6.07, 6.45) is 13.6. The minimum Gasteiger partial charge on any atom is -0.342 e. The second-order valence-electron chi connectivity index (χ2n) is 8.40. The number of hydrogen-bond donors (Lipinski definition) is 0. The van der Waals surface area contributed by atoms with Gasteiger partial charge in [-0.1, -0.05) is 41.4 Å². The van der Waals surface area contributed by atoms with E-state index in [9.17, 15) is 0 Å². The lowest BCUT2D eigenvalue weighted by molar-refractivity contribution is 0.154. The number of piperidine rings is 1. The van der Waals surface area contributed by atoms with Gasteiger partial charge in [0.25, 0.3) is 0 Å². The Bertz CT molecular complexity index is 1110. The Morgan fingerprint density at radius 1 is 1.13 bits per heavy atom. The van der Waals surface area contributed by atoms with Crippen LogP contribution in [0.5, 0.6) is 0 Å². The first-order chi connectivity index (χ1) is 15.1. The van der Waals surface area contributed by atoms with Crippen molar-refractivity contribution in [3.8, 4) is 0 Å². The topological polar surface area (TPSA) is 58.7 Å². The van der Waals surface area contributed by atoms with Crippen molar-refractivity contribution in [1.82, 2.24) is 19.4 Å². The Morgan fingerprint density at radius 2 is 1.97 bits per heavy atom. The van der Waals surface area contributed by atoms with Crippen molar-refractivity contribution in [3.05, 3.63) is 41.0 Å². The second-order valence-corrected chi connectivity index (χ2v) is 10.2. The molecule has 1 spiro atoms. The molecular weight excluding hydrogens is 451 g/mol. The Kier molecular flexibility index (Phi) is 5.84. The fourth-order valence-corrected chi connectivity index (χ4v) is 6.59. The van der Waals surface area contributed by atoms with Crippen molar-refractivity contribution < 1.29 is 0 Å². The first kappa shape index (κ1) is 21.0.